The fraction of sp³-hybridized carbons (Fsp3) is 0.300. The van der Waals surface area contributed by atoms with Crippen LogP contribution in [0.4, 0.5) is 0 Å². The van der Waals surface area contributed by atoms with Crippen LogP contribution in [0.1, 0.15) is 41.5 Å². The number of aliphatic carboxylic acids is 1. The highest BCUT2D eigenvalue weighted by molar-refractivity contribution is 6.06. The molecule has 0 bridgehead atoms. The van der Waals surface area contributed by atoms with Gasteiger partial charge < -0.3 is 10.4 Å². The number of rotatable bonds is 6. The molecule has 0 fully saturated rings. The summed E-state index contributed by atoms with van der Waals surface area (Å²) in [5.41, 5.74) is 2.51. The number of fused-ring (bicyclic) bond motifs is 1. The molecule has 27 heavy (non-hydrogen) atoms. The highest BCUT2D eigenvalue weighted by Crippen LogP contribution is 2.21. The lowest BCUT2D eigenvalue weighted by molar-refractivity contribution is -0.139. The summed E-state index contributed by atoms with van der Waals surface area (Å²) in [5, 5.41) is 17.1. The number of hydrogen-bond acceptors (Lipinski definition) is 4. The van der Waals surface area contributed by atoms with Gasteiger partial charge in [0.1, 0.15) is 6.04 Å². The van der Waals surface area contributed by atoms with Crippen LogP contribution in [0.3, 0.4) is 0 Å². The van der Waals surface area contributed by atoms with Crippen molar-refractivity contribution in [2.75, 3.05) is 0 Å². The van der Waals surface area contributed by atoms with Crippen molar-refractivity contribution in [3.05, 3.63) is 59.4 Å². The first-order valence-electron chi connectivity index (χ1n) is 8.79. The van der Waals surface area contributed by atoms with Gasteiger partial charge in [0.05, 0.1) is 17.1 Å². The molecule has 1 aromatic carbocycles. The molecule has 0 saturated heterocycles. The van der Waals surface area contributed by atoms with Crippen LogP contribution in [-0.4, -0.2) is 37.8 Å². The fourth-order valence-corrected chi connectivity index (χ4v) is 2.99. The first-order chi connectivity index (χ1) is 12.9. The third kappa shape index (κ3) is 3.97. The Bertz CT molecular complexity index is 980. The summed E-state index contributed by atoms with van der Waals surface area (Å²) in [4.78, 5) is 29.0. The van der Waals surface area contributed by atoms with E-state index in [1.165, 1.54) is 0 Å². The Morgan fingerprint density at radius 2 is 1.93 bits per heavy atom. The van der Waals surface area contributed by atoms with Crippen molar-refractivity contribution in [1.29, 1.82) is 0 Å². The number of pyridine rings is 1. The van der Waals surface area contributed by atoms with Crippen LogP contribution in [0, 0.1) is 6.92 Å². The molecule has 140 valence electrons. The lowest BCUT2D eigenvalue weighted by Gasteiger charge is -2.15. The molecule has 7 nitrogen and oxygen atoms in total. The Morgan fingerprint density at radius 3 is 2.56 bits per heavy atom. The van der Waals surface area contributed by atoms with E-state index in [9.17, 15) is 14.7 Å². The topological polar surface area (TPSA) is 97.1 Å². The molecular formula is C20H22N4O3. The summed E-state index contributed by atoms with van der Waals surface area (Å²) in [6.45, 7) is 5.76. The van der Waals surface area contributed by atoms with E-state index >= 15 is 0 Å². The van der Waals surface area contributed by atoms with Crippen molar-refractivity contribution in [1.82, 2.24) is 20.1 Å². The molecule has 1 atom stereocenters. The number of benzene rings is 1. The zero-order chi connectivity index (χ0) is 19.6. The minimum Gasteiger partial charge on any atom is -0.480 e. The van der Waals surface area contributed by atoms with Crippen LogP contribution in [0.5, 0.6) is 0 Å². The van der Waals surface area contributed by atoms with Crippen LogP contribution in [0.15, 0.2) is 42.6 Å². The van der Waals surface area contributed by atoms with Crippen molar-refractivity contribution in [2.24, 2.45) is 0 Å². The Morgan fingerprint density at radius 1 is 1.22 bits per heavy atom. The average molecular weight is 366 g/mol. The maximum atomic E-state index is 12.9. The van der Waals surface area contributed by atoms with Crippen molar-refractivity contribution in [3.8, 4) is 0 Å². The van der Waals surface area contributed by atoms with E-state index in [4.69, 9.17) is 0 Å². The average Bonchev–Trinajstić information content (AvgIpc) is 3.05. The van der Waals surface area contributed by atoms with Gasteiger partial charge in [0, 0.05) is 18.2 Å². The monoisotopic (exact) mass is 366 g/mol. The van der Waals surface area contributed by atoms with Crippen LogP contribution >= 0.6 is 0 Å². The van der Waals surface area contributed by atoms with Crippen LogP contribution in [-0.2, 0) is 11.2 Å². The van der Waals surface area contributed by atoms with Crippen molar-refractivity contribution in [3.63, 3.8) is 0 Å². The van der Waals surface area contributed by atoms with Gasteiger partial charge in [0.2, 0.25) is 0 Å². The van der Waals surface area contributed by atoms with Gasteiger partial charge in [-0.1, -0.05) is 30.3 Å². The summed E-state index contributed by atoms with van der Waals surface area (Å²) in [6, 6.07) is 9.94. The van der Waals surface area contributed by atoms with E-state index < -0.39 is 17.9 Å². The van der Waals surface area contributed by atoms with Crippen molar-refractivity contribution in [2.45, 2.75) is 39.3 Å². The summed E-state index contributed by atoms with van der Waals surface area (Å²) < 4.78 is 1.75. The van der Waals surface area contributed by atoms with Crippen LogP contribution in [0.2, 0.25) is 0 Å². The summed E-state index contributed by atoms with van der Waals surface area (Å²) in [6.07, 6.45) is 1.81. The van der Waals surface area contributed by atoms with Crippen LogP contribution < -0.4 is 5.32 Å². The first kappa shape index (κ1) is 18.6. The predicted molar refractivity (Wildman–Crippen MR) is 102 cm³/mol. The van der Waals surface area contributed by atoms with Crippen molar-refractivity contribution >= 4 is 22.9 Å². The number of carbonyl (C=O) groups is 2. The van der Waals surface area contributed by atoms with Gasteiger partial charge in [-0.2, -0.15) is 5.10 Å². The number of carboxylic acids is 1. The maximum Gasteiger partial charge on any atom is 0.326 e. The molecule has 0 radical (unpaired) electrons. The molecule has 0 aliphatic carbocycles. The van der Waals surface area contributed by atoms with Gasteiger partial charge in [-0.15, -0.1) is 0 Å². The third-order valence-corrected chi connectivity index (χ3v) is 4.31. The molecule has 2 N–H and O–H groups in total. The molecule has 0 aliphatic heterocycles. The minimum atomic E-state index is -1.08. The number of carboxylic acid groups (broad SMARTS) is 1. The van der Waals surface area contributed by atoms with E-state index in [0.29, 0.717) is 22.3 Å². The highest BCUT2D eigenvalue weighted by Gasteiger charge is 2.23. The lowest BCUT2D eigenvalue weighted by Crippen LogP contribution is -2.42. The van der Waals surface area contributed by atoms with E-state index in [2.05, 4.69) is 15.4 Å². The quantitative estimate of drug-likeness (QED) is 0.699. The Labute approximate surface area is 157 Å². The summed E-state index contributed by atoms with van der Waals surface area (Å²) in [7, 11) is 0. The lowest BCUT2D eigenvalue weighted by atomic mass is 10.0. The zero-order valence-corrected chi connectivity index (χ0v) is 15.5. The minimum absolute atomic E-state index is 0.0950. The van der Waals surface area contributed by atoms with E-state index in [1.54, 1.807) is 23.9 Å². The summed E-state index contributed by atoms with van der Waals surface area (Å²) in [5.74, 6) is -1.52. The van der Waals surface area contributed by atoms with E-state index in [1.807, 2.05) is 44.2 Å². The normalized spacial score (nSPS) is 12.3. The number of carbonyl (C=O) groups excluding carboxylic acids is 1. The smallest absolute Gasteiger partial charge is 0.326 e. The van der Waals surface area contributed by atoms with Gasteiger partial charge >= 0.3 is 5.97 Å². The maximum absolute atomic E-state index is 12.9. The Hall–Kier alpha value is -3.22. The molecule has 0 saturated carbocycles. The number of nitrogens with one attached hydrogen (secondary N) is 1. The first-order valence-corrected chi connectivity index (χ1v) is 8.79. The molecule has 2 heterocycles. The number of amides is 1. The van der Waals surface area contributed by atoms with Gasteiger partial charge in [-0.3, -0.25) is 4.79 Å². The molecule has 3 rings (SSSR count). The molecule has 0 spiro atoms. The molecular weight excluding hydrogens is 344 g/mol. The van der Waals surface area contributed by atoms with Gasteiger partial charge in [-0.25, -0.2) is 14.5 Å². The second-order valence-electron chi connectivity index (χ2n) is 6.79. The summed E-state index contributed by atoms with van der Waals surface area (Å²) >= 11 is 0. The second-order valence-corrected chi connectivity index (χ2v) is 6.79. The van der Waals surface area contributed by atoms with Gasteiger partial charge in [0.25, 0.3) is 5.91 Å². The van der Waals surface area contributed by atoms with Crippen LogP contribution in [0.25, 0.3) is 11.0 Å². The Kier molecular flexibility index (Phi) is 5.21. The van der Waals surface area contributed by atoms with Gasteiger partial charge in [-0.05, 0) is 32.4 Å². The molecule has 1 amide bonds. The Balaban J connectivity index is 1.91. The number of aromatic nitrogens is 3. The molecule has 7 heteroatoms. The molecule has 2 aromatic heterocycles. The number of nitrogens with zero attached hydrogens (tertiary/aromatic N) is 3. The van der Waals surface area contributed by atoms with Crippen molar-refractivity contribution < 1.29 is 14.7 Å². The van der Waals surface area contributed by atoms with E-state index in [0.717, 1.165) is 5.56 Å². The van der Waals surface area contributed by atoms with E-state index in [-0.39, 0.29) is 12.5 Å². The molecule has 3 aromatic rings. The van der Waals surface area contributed by atoms with Gasteiger partial charge in [0.15, 0.2) is 5.65 Å². The second kappa shape index (κ2) is 7.57. The number of aryl methyl sites for hydroxylation is 1. The third-order valence-electron chi connectivity index (χ3n) is 4.31. The molecule has 1 unspecified atom stereocenters. The zero-order valence-electron chi connectivity index (χ0n) is 15.5. The fourth-order valence-electron chi connectivity index (χ4n) is 2.99. The predicted octanol–water partition coefficient (Wildman–Crippen LogP) is 2.75. The SMILES string of the molecule is Cc1cc(C(=O)NC(Cc2ccccc2)C(=O)O)c2cnn(C(C)C)c2n1. The largest absolute Gasteiger partial charge is 0.480 e. The molecule has 0 aliphatic rings. The highest BCUT2D eigenvalue weighted by atomic mass is 16.4. The standard InChI is InChI=1S/C20H22N4O3/c1-12(2)24-18-16(11-21-24)15(9-13(3)22-18)19(25)23-17(20(26)27)10-14-7-5-4-6-8-14/h4-9,11-12,17H,10H2,1-3H3,(H,23,25)(H,26,27). The number of hydrogen-bond donors (Lipinski definition) is 2.